The van der Waals surface area contributed by atoms with Crippen molar-refractivity contribution >= 4 is 5.97 Å². The van der Waals surface area contributed by atoms with Crippen molar-refractivity contribution < 1.29 is 24.1 Å². The van der Waals surface area contributed by atoms with Crippen molar-refractivity contribution in [3.8, 4) is 0 Å². The fourth-order valence-corrected chi connectivity index (χ4v) is 3.69. The number of rotatable bonds is 0. The van der Waals surface area contributed by atoms with Crippen molar-refractivity contribution in [2.75, 3.05) is 0 Å². The van der Waals surface area contributed by atoms with Crippen LogP contribution in [-0.4, -0.2) is 35.4 Å². The van der Waals surface area contributed by atoms with Crippen LogP contribution in [0.3, 0.4) is 0 Å². The highest BCUT2D eigenvalue weighted by Gasteiger charge is 2.69. The molecule has 5 heteroatoms. The Labute approximate surface area is 104 Å². The monoisotopic (exact) mass is 250 g/mol. The fraction of sp³-hybridized carbons (Fsp3) is 0.615. The summed E-state index contributed by atoms with van der Waals surface area (Å²) in [6.45, 7) is 1.80. The first-order chi connectivity index (χ1) is 8.65. The molecule has 1 N–H and O–H groups in total. The van der Waals surface area contributed by atoms with E-state index < -0.39 is 24.3 Å². The van der Waals surface area contributed by atoms with Gasteiger partial charge in [0.05, 0.1) is 11.5 Å². The molecule has 3 aliphatic heterocycles. The number of carbonyl (C=O) groups excluding carboxylic acids is 1. The number of aliphatic hydroxyl groups is 1. The van der Waals surface area contributed by atoms with Crippen LogP contribution in [0.4, 0.5) is 0 Å². The molecule has 5 nitrogen and oxygen atoms in total. The quantitative estimate of drug-likeness (QED) is 0.385. The summed E-state index contributed by atoms with van der Waals surface area (Å²) < 4.78 is 16.8. The zero-order valence-electron chi connectivity index (χ0n) is 9.91. The highest BCUT2D eigenvalue weighted by atomic mass is 16.8. The predicted octanol–water partition coefficient (Wildman–Crippen LogP) is 0.494. The van der Waals surface area contributed by atoms with E-state index >= 15 is 0 Å². The van der Waals surface area contributed by atoms with E-state index in [-0.39, 0.29) is 17.8 Å². The van der Waals surface area contributed by atoms with Gasteiger partial charge >= 0.3 is 5.97 Å². The standard InChI is InChI=1S/C13H14O5/c1-2-7-10-13(18-11(7)15)4-3-6-5-8(14)16-12(17-10)9(6)13/h2-4,6,8-10,12,14H,5H2,1H3/b7-2+/t6-,8+,9-,10-,12+,13+/m1/s1. The lowest BCUT2D eigenvalue weighted by molar-refractivity contribution is -0.263. The highest BCUT2D eigenvalue weighted by Crippen LogP contribution is 2.57. The van der Waals surface area contributed by atoms with Gasteiger partial charge in [-0.3, -0.25) is 0 Å². The zero-order chi connectivity index (χ0) is 12.5. The zero-order valence-corrected chi connectivity index (χ0v) is 9.91. The van der Waals surface area contributed by atoms with Gasteiger partial charge in [-0.1, -0.05) is 12.2 Å². The minimum atomic E-state index is -0.806. The second-order valence-corrected chi connectivity index (χ2v) is 5.25. The molecule has 6 atom stereocenters. The van der Waals surface area contributed by atoms with E-state index in [4.69, 9.17) is 14.2 Å². The van der Waals surface area contributed by atoms with Gasteiger partial charge in [0.1, 0.15) is 6.10 Å². The van der Waals surface area contributed by atoms with Gasteiger partial charge in [0.15, 0.2) is 18.2 Å². The normalized spacial score (nSPS) is 54.7. The summed E-state index contributed by atoms with van der Waals surface area (Å²) in [4.78, 5) is 11.8. The molecule has 3 heterocycles. The van der Waals surface area contributed by atoms with E-state index in [1.807, 2.05) is 12.2 Å². The summed E-state index contributed by atoms with van der Waals surface area (Å²) in [5.74, 6) is -0.197. The van der Waals surface area contributed by atoms with Crippen molar-refractivity contribution in [3.05, 3.63) is 23.8 Å². The largest absolute Gasteiger partial charge is 0.448 e. The maximum atomic E-state index is 11.8. The third kappa shape index (κ3) is 1.06. The van der Waals surface area contributed by atoms with Gasteiger partial charge in [-0.05, 0) is 18.9 Å². The van der Waals surface area contributed by atoms with Crippen LogP contribution in [-0.2, 0) is 19.0 Å². The molecule has 0 aromatic heterocycles. The maximum absolute atomic E-state index is 11.8. The minimum absolute atomic E-state index is 0.0349. The maximum Gasteiger partial charge on any atom is 0.337 e. The molecule has 3 fully saturated rings. The van der Waals surface area contributed by atoms with Crippen LogP contribution >= 0.6 is 0 Å². The number of allylic oxidation sites excluding steroid dienone is 2. The molecule has 96 valence electrons. The van der Waals surface area contributed by atoms with Gasteiger partial charge in [0.2, 0.25) is 0 Å². The number of hydrogen-bond donors (Lipinski definition) is 1. The fourth-order valence-electron chi connectivity index (χ4n) is 3.69. The van der Waals surface area contributed by atoms with E-state index in [1.54, 1.807) is 13.0 Å². The van der Waals surface area contributed by atoms with E-state index in [0.717, 1.165) is 0 Å². The SMILES string of the molecule is C/C=C1/C(=O)O[C@]23C=C[C@@H]4C[C@@H](O)O[C@@H](O[C@H]12)[C@@H]43. The van der Waals surface area contributed by atoms with Gasteiger partial charge in [-0.15, -0.1) is 0 Å². The number of aliphatic hydroxyl groups excluding tert-OH is 1. The Morgan fingerprint density at radius 1 is 1.50 bits per heavy atom. The first kappa shape index (κ1) is 10.7. The van der Waals surface area contributed by atoms with Crippen LogP contribution in [0.25, 0.3) is 0 Å². The average molecular weight is 250 g/mol. The van der Waals surface area contributed by atoms with Gasteiger partial charge < -0.3 is 19.3 Å². The summed E-state index contributed by atoms with van der Waals surface area (Å²) in [5.41, 5.74) is -0.165. The average Bonchev–Trinajstić information content (AvgIpc) is 2.89. The first-order valence-electron chi connectivity index (χ1n) is 6.23. The Bertz CT molecular complexity index is 482. The molecule has 1 spiro atoms. The lowest BCUT2D eigenvalue weighted by atomic mass is 9.80. The van der Waals surface area contributed by atoms with Crippen LogP contribution in [0, 0.1) is 11.8 Å². The Morgan fingerprint density at radius 3 is 3.11 bits per heavy atom. The summed E-state index contributed by atoms with van der Waals surface area (Å²) in [5, 5.41) is 9.65. The summed E-state index contributed by atoms with van der Waals surface area (Å²) in [7, 11) is 0. The summed E-state index contributed by atoms with van der Waals surface area (Å²) in [6, 6.07) is 0. The number of ether oxygens (including phenoxy) is 3. The third-order valence-electron chi connectivity index (χ3n) is 4.42. The first-order valence-corrected chi connectivity index (χ1v) is 6.23. The molecule has 4 aliphatic rings. The van der Waals surface area contributed by atoms with Gasteiger partial charge in [0.25, 0.3) is 0 Å². The third-order valence-corrected chi connectivity index (χ3v) is 4.42. The molecule has 3 saturated heterocycles. The lowest BCUT2D eigenvalue weighted by Gasteiger charge is -2.35. The second-order valence-electron chi connectivity index (χ2n) is 5.25. The molecule has 0 unspecified atom stereocenters. The van der Waals surface area contributed by atoms with E-state index in [2.05, 4.69) is 0 Å². The van der Waals surface area contributed by atoms with Crippen LogP contribution in [0.5, 0.6) is 0 Å². The van der Waals surface area contributed by atoms with Gasteiger partial charge in [0, 0.05) is 6.42 Å². The van der Waals surface area contributed by atoms with Gasteiger partial charge in [-0.2, -0.15) is 0 Å². The number of hydrogen-bond acceptors (Lipinski definition) is 5. The Kier molecular flexibility index (Phi) is 1.92. The molecular weight excluding hydrogens is 236 g/mol. The topological polar surface area (TPSA) is 65.0 Å². The van der Waals surface area contributed by atoms with Crippen molar-refractivity contribution in [2.45, 2.75) is 37.6 Å². The molecule has 0 bridgehead atoms. The van der Waals surface area contributed by atoms with Gasteiger partial charge in [-0.25, -0.2) is 4.79 Å². The second kappa shape index (κ2) is 3.23. The molecule has 0 amide bonds. The number of esters is 1. The molecule has 18 heavy (non-hydrogen) atoms. The molecule has 0 aromatic carbocycles. The Morgan fingerprint density at radius 2 is 2.33 bits per heavy atom. The van der Waals surface area contributed by atoms with Crippen molar-refractivity contribution in [1.29, 1.82) is 0 Å². The molecule has 0 saturated carbocycles. The highest BCUT2D eigenvalue weighted by molar-refractivity contribution is 5.93. The molecule has 4 rings (SSSR count). The van der Waals surface area contributed by atoms with Crippen molar-refractivity contribution in [2.24, 2.45) is 11.8 Å². The smallest absolute Gasteiger partial charge is 0.337 e. The summed E-state index contributed by atoms with van der Waals surface area (Å²) in [6.07, 6.45) is 4.49. The molecule has 0 radical (unpaired) electrons. The Hall–Kier alpha value is -1.17. The Balaban J connectivity index is 1.80. The van der Waals surface area contributed by atoms with E-state index in [9.17, 15) is 9.90 Å². The molecular formula is C13H14O5. The van der Waals surface area contributed by atoms with E-state index in [0.29, 0.717) is 12.0 Å². The predicted molar refractivity (Wildman–Crippen MR) is 59.1 cm³/mol. The van der Waals surface area contributed by atoms with Crippen molar-refractivity contribution in [3.63, 3.8) is 0 Å². The number of carbonyl (C=O) groups is 1. The van der Waals surface area contributed by atoms with Crippen LogP contribution < -0.4 is 0 Å². The lowest BCUT2D eigenvalue weighted by Crippen LogP contribution is -2.45. The van der Waals surface area contributed by atoms with Crippen molar-refractivity contribution in [1.82, 2.24) is 0 Å². The molecule has 0 aromatic rings. The van der Waals surface area contributed by atoms with Crippen LogP contribution in [0.15, 0.2) is 23.8 Å². The van der Waals surface area contributed by atoms with Crippen LogP contribution in [0.2, 0.25) is 0 Å². The molecule has 1 aliphatic carbocycles. The summed E-state index contributed by atoms with van der Waals surface area (Å²) >= 11 is 0. The van der Waals surface area contributed by atoms with Crippen LogP contribution in [0.1, 0.15) is 13.3 Å². The van der Waals surface area contributed by atoms with E-state index in [1.165, 1.54) is 0 Å². The minimum Gasteiger partial charge on any atom is -0.448 e.